The highest BCUT2D eigenvalue weighted by Gasteiger charge is 2.32. The lowest BCUT2D eigenvalue weighted by molar-refractivity contribution is -0.128. The lowest BCUT2D eigenvalue weighted by Crippen LogP contribution is -2.49. The van der Waals surface area contributed by atoms with Crippen LogP contribution in [0.4, 0.5) is 16.2 Å². The van der Waals surface area contributed by atoms with E-state index in [-0.39, 0.29) is 24.3 Å². The number of benzene rings is 3. The van der Waals surface area contributed by atoms with Crippen LogP contribution in [0.1, 0.15) is 37.8 Å². The van der Waals surface area contributed by atoms with Gasteiger partial charge in [0, 0.05) is 41.2 Å². The minimum atomic E-state index is -0.669. The van der Waals surface area contributed by atoms with Crippen molar-refractivity contribution >= 4 is 56.1 Å². The van der Waals surface area contributed by atoms with Crippen molar-refractivity contribution in [3.63, 3.8) is 0 Å². The summed E-state index contributed by atoms with van der Waals surface area (Å²) in [4.78, 5) is 43.9. The molecule has 1 aliphatic rings. The van der Waals surface area contributed by atoms with E-state index >= 15 is 0 Å². The van der Waals surface area contributed by atoms with E-state index < -0.39 is 11.6 Å². The fraction of sp³-hybridized carbons (Fsp3) is 0.281. The van der Waals surface area contributed by atoms with Crippen LogP contribution in [0.15, 0.2) is 71.2 Å². The third-order valence-electron chi connectivity index (χ3n) is 7.31. The standard InChI is InChI=1S/C32H35BrN6O3/c1-32(2,34)17-27(40)36-25-15-13-20-8-4-7-11-26(20)39(30(25)41)18-19-12-14-24-22(16-19)28(33)29(37-24)21-9-5-6-10-23(21)38-31(42)35-3/h4-12,14,16,25,37H,13,15,17-18,34H2,1-3H3,(H,36,40)(H2,35,38,42)/t25-/m1/s1. The molecule has 5 rings (SSSR count). The Bertz CT molecular complexity index is 1660. The summed E-state index contributed by atoms with van der Waals surface area (Å²) in [5, 5.41) is 9.35. The molecule has 6 N–H and O–H groups in total. The highest BCUT2D eigenvalue weighted by molar-refractivity contribution is 9.10. The lowest BCUT2D eigenvalue weighted by atomic mass is 10.0. The Hall–Kier alpha value is -4.15. The number of amides is 4. The van der Waals surface area contributed by atoms with E-state index in [1.54, 1.807) is 25.8 Å². The summed E-state index contributed by atoms with van der Waals surface area (Å²) in [7, 11) is 1.57. The molecular formula is C32H35BrN6O3. The second-order valence-electron chi connectivity index (χ2n) is 11.3. The van der Waals surface area contributed by atoms with Gasteiger partial charge in [-0.15, -0.1) is 0 Å². The predicted molar refractivity (Wildman–Crippen MR) is 170 cm³/mol. The Balaban J connectivity index is 1.47. The molecule has 10 heteroatoms. The van der Waals surface area contributed by atoms with E-state index in [4.69, 9.17) is 5.73 Å². The van der Waals surface area contributed by atoms with Gasteiger partial charge in [0.25, 0.3) is 0 Å². The number of nitrogens with two attached hydrogens (primary N) is 1. The van der Waals surface area contributed by atoms with Gasteiger partial charge in [-0.25, -0.2) is 4.79 Å². The van der Waals surface area contributed by atoms with E-state index in [1.165, 1.54) is 0 Å². The Labute approximate surface area is 253 Å². The van der Waals surface area contributed by atoms with Crippen molar-refractivity contribution in [1.82, 2.24) is 15.6 Å². The number of aromatic nitrogens is 1. The zero-order valence-electron chi connectivity index (χ0n) is 23.9. The number of halogens is 1. The number of hydrogen-bond donors (Lipinski definition) is 5. The van der Waals surface area contributed by atoms with Gasteiger partial charge < -0.3 is 31.6 Å². The molecular weight excluding hydrogens is 596 g/mol. The molecule has 9 nitrogen and oxygen atoms in total. The van der Waals surface area contributed by atoms with Crippen LogP contribution in [0.3, 0.4) is 0 Å². The van der Waals surface area contributed by atoms with Crippen LogP contribution in [0, 0.1) is 0 Å². The van der Waals surface area contributed by atoms with Crippen LogP contribution in [-0.2, 0) is 22.6 Å². The average Bonchev–Trinajstić information content (AvgIpc) is 3.21. The molecule has 4 aromatic rings. The van der Waals surface area contributed by atoms with Gasteiger partial charge in [-0.3, -0.25) is 9.59 Å². The van der Waals surface area contributed by atoms with E-state index in [0.717, 1.165) is 43.4 Å². The van der Waals surface area contributed by atoms with Crippen molar-refractivity contribution in [3.8, 4) is 11.3 Å². The highest BCUT2D eigenvalue weighted by Crippen LogP contribution is 2.39. The molecule has 1 aromatic heterocycles. The van der Waals surface area contributed by atoms with Crippen molar-refractivity contribution in [1.29, 1.82) is 0 Å². The second kappa shape index (κ2) is 12.0. The summed E-state index contributed by atoms with van der Waals surface area (Å²) in [5.41, 5.74) is 11.5. The summed E-state index contributed by atoms with van der Waals surface area (Å²) in [6.45, 7) is 3.92. The van der Waals surface area contributed by atoms with Gasteiger partial charge in [0.05, 0.1) is 22.4 Å². The largest absolute Gasteiger partial charge is 0.354 e. The Morgan fingerprint density at radius 1 is 1.10 bits per heavy atom. The maximum Gasteiger partial charge on any atom is 0.318 e. The molecule has 0 saturated carbocycles. The minimum absolute atomic E-state index is 0.131. The quantitative estimate of drug-likeness (QED) is 0.186. The van der Waals surface area contributed by atoms with Crippen molar-refractivity contribution in [3.05, 3.63) is 82.3 Å². The molecule has 1 aliphatic heterocycles. The van der Waals surface area contributed by atoms with Gasteiger partial charge in [0.1, 0.15) is 6.04 Å². The Kier molecular flexibility index (Phi) is 8.38. The molecule has 0 saturated heterocycles. The van der Waals surface area contributed by atoms with Gasteiger partial charge in [-0.2, -0.15) is 0 Å². The van der Waals surface area contributed by atoms with E-state index in [9.17, 15) is 14.4 Å². The number of carbonyl (C=O) groups excluding carboxylic acids is 3. The number of nitrogens with one attached hydrogen (secondary N) is 4. The van der Waals surface area contributed by atoms with Gasteiger partial charge in [-0.1, -0.05) is 42.5 Å². The first-order chi connectivity index (χ1) is 20.0. The zero-order valence-corrected chi connectivity index (χ0v) is 25.5. The predicted octanol–water partition coefficient (Wildman–Crippen LogP) is 5.44. The highest BCUT2D eigenvalue weighted by atomic mass is 79.9. The molecule has 0 aliphatic carbocycles. The van der Waals surface area contributed by atoms with Crippen molar-refractivity contribution in [2.45, 2.75) is 51.2 Å². The first kappa shape index (κ1) is 29.3. The molecule has 2 heterocycles. The molecule has 0 radical (unpaired) electrons. The van der Waals surface area contributed by atoms with Crippen molar-refractivity contribution < 1.29 is 14.4 Å². The fourth-order valence-electron chi connectivity index (χ4n) is 5.34. The number of fused-ring (bicyclic) bond motifs is 2. The minimum Gasteiger partial charge on any atom is -0.354 e. The number of anilines is 2. The first-order valence-corrected chi connectivity index (χ1v) is 14.7. The maximum atomic E-state index is 13.9. The SMILES string of the molecule is CNC(=O)Nc1ccccc1-c1[nH]c2ccc(CN3C(=O)[C@H](NC(=O)CC(C)(C)N)CCc4ccccc43)cc2c1Br. The van der Waals surface area contributed by atoms with Gasteiger partial charge in [-0.05, 0) is 78.0 Å². The lowest BCUT2D eigenvalue weighted by Gasteiger charge is -2.27. The number of aryl methyl sites for hydroxylation is 1. The fourth-order valence-corrected chi connectivity index (χ4v) is 5.98. The number of nitrogens with zero attached hydrogens (tertiary/aromatic N) is 1. The average molecular weight is 632 g/mol. The molecule has 42 heavy (non-hydrogen) atoms. The molecule has 4 amide bonds. The van der Waals surface area contributed by atoms with Crippen LogP contribution >= 0.6 is 15.9 Å². The zero-order chi connectivity index (χ0) is 30.0. The summed E-state index contributed by atoms with van der Waals surface area (Å²) in [5.74, 6) is -0.380. The molecule has 1 atom stereocenters. The summed E-state index contributed by atoms with van der Waals surface area (Å²) >= 11 is 3.78. The molecule has 218 valence electrons. The van der Waals surface area contributed by atoms with Crippen LogP contribution in [-0.4, -0.2) is 41.5 Å². The number of para-hydroxylation sites is 2. The number of carbonyl (C=O) groups is 3. The van der Waals surface area contributed by atoms with Crippen molar-refractivity contribution in [2.24, 2.45) is 5.73 Å². The van der Waals surface area contributed by atoms with E-state index in [0.29, 0.717) is 25.1 Å². The summed E-state index contributed by atoms with van der Waals surface area (Å²) < 4.78 is 0.850. The van der Waals surface area contributed by atoms with Gasteiger partial charge in [0.2, 0.25) is 11.8 Å². The van der Waals surface area contributed by atoms with Gasteiger partial charge in [0.15, 0.2) is 0 Å². The summed E-state index contributed by atoms with van der Waals surface area (Å²) in [6.07, 6.45) is 1.31. The van der Waals surface area contributed by atoms with E-state index in [1.807, 2.05) is 60.7 Å². The first-order valence-electron chi connectivity index (χ1n) is 13.9. The number of aromatic amines is 1. The maximum absolute atomic E-state index is 13.9. The third-order valence-corrected chi connectivity index (χ3v) is 8.14. The number of rotatable bonds is 7. The molecule has 0 bridgehead atoms. The molecule has 0 unspecified atom stereocenters. The number of H-pyrrole nitrogens is 1. The normalized spacial score (nSPS) is 15.2. The van der Waals surface area contributed by atoms with Crippen LogP contribution in [0.5, 0.6) is 0 Å². The van der Waals surface area contributed by atoms with Crippen LogP contribution < -0.4 is 26.6 Å². The number of hydrogen-bond acceptors (Lipinski definition) is 4. The molecule has 0 spiro atoms. The topological polar surface area (TPSA) is 132 Å². The van der Waals surface area contributed by atoms with Gasteiger partial charge >= 0.3 is 6.03 Å². The third kappa shape index (κ3) is 6.34. The molecule has 0 fully saturated rings. The Morgan fingerprint density at radius 3 is 2.60 bits per heavy atom. The van der Waals surface area contributed by atoms with Crippen LogP contribution in [0.25, 0.3) is 22.2 Å². The smallest absolute Gasteiger partial charge is 0.318 e. The van der Waals surface area contributed by atoms with E-state index in [2.05, 4.69) is 42.9 Å². The summed E-state index contributed by atoms with van der Waals surface area (Å²) in [6, 6.07) is 20.5. The Morgan fingerprint density at radius 2 is 1.83 bits per heavy atom. The number of urea groups is 1. The van der Waals surface area contributed by atoms with Crippen LogP contribution in [0.2, 0.25) is 0 Å². The second-order valence-corrected chi connectivity index (χ2v) is 12.1. The molecule has 3 aromatic carbocycles. The monoisotopic (exact) mass is 630 g/mol. The van der Waals surface area contributed by atoms with Crippen molar-refractivity contribution in [2.75, 3.05) is 17.3 Å².